The summed E-state index contributed by atoms with van der Waals surface area (Å²) >= 11 is 0. The van der Waals surface area contributed by atoms with Gasteiger partial charge in [-0.05, 0) is 25.3 Å². The van der Waals surface area contributed by atoms with E-state index in [2.05, 4.69) is 4.72 Å². The van der Waals surface area contributed by atoms with Gasteiger partial charge in [-0.15, -0.1) is 0 Å². The Morgan fingerprint density at radius 2 is 1.75 bits per heavy atom. The number of sulfonamides is 1. The lowest BCUT2D eigenvalue weighted by Gasteiger charge is -2.40. The SMILES string of the molecule is CC(=O)C1(c2ccccc2)CCN(C(=O)CCNS(C)(=O)=O)CC1. The summed E-state index contributed by atoms with van der Waals surface area (Å²) in [4.78, 5) is 26.2. The van der Waals surface area contributed by atoms with Crippen LogP contribution in [-0.2, 0) is 25.0 Å². The number of likely N-dealkylation sites (tertiary alicyclic amines) is 1. The predicted molar refractivity (Wildman–Crippen MR) is 92.1 cm³/mol. The molecule has 2 rings (SSSR count). The minimum Gasteiger partial charge on any atom is -0.343 e. The van der Waals surface area contributed by atoms with Crippen molar-refractivity contribution in [2.45, 2.75) is 31.6 Å². The zero-order chi connectivity index (χ0) is 17.8. The Morgan fingerprint density at radius 3 is 2.25 bits per heavy atom. The fraction of sp³-hybridized carbons (Fsp3) is 0.529. The molecule has 1 aliphatic heterocycles. The standard InChI is InChI=1S/C17H24N2O4S/c1-14(20)17(15-6-4-3-5-7-15)9-12-19(13-10-17)16(21)8-11-18-24(2,22)23/h3-7,18H,8-13H2,1-2H3. The topological polar surface area (TPSA) is 83.6 Å². The van der Waals surface area contributed by atoms with Crippen molar-refractivity contribution in [2.24, 2.45) is 0 Å². The minimum atomic E-state index is -3.28. The lowest BCUT2D eigenvalue weighted by atomic mass is 9.70. The highest BCUT2D eigenvalue weighted by molar-refractivity contribution is 7.88. The third-order valence-electron chi connectivity index (χ3n) is 4.67. The van der Waals surface area contributed by atoms with Crippen LogP contribution in [0.1, 0.15) is 31.7 Å². The molecule has 1 heterocycles. The number of nitrogens with zero attached hydrogens (tertiary/aromatic N) is 1. The first-order valence-corrected chi connectivity index (χ1v) is 9.93. The monoisotopic (exact) mass is 352 g/mol. The number of ketones is 1. The molecule has 132 valence electrons. The maximum atomic E-state index is 12.3. The number of rotatable bonds is 6. The van der Waals surface area contributed by atoms with Crippen molar-refractivity contribution in [3.63, 3.8) is 0 Å². The Morgan fingerprint density at radius 1 is 1.17 bits per heavy atom. The highest BCUT2D eigenvalue weighted by atomic mass is 32.2. The van der Waals surface area contributed by atoms with Crippen LogP contribution >= 0.6 is 0 Å². The second-order valence-electron chi connectivity index (χ2n) is 6.30. The first kappa shape index (κ1) is 18.6. The summed E-state index contributed by atoms with van der Waals surface area (Å²) in [6.45, 7) is 2.73. The quantitative estimate of drug-likeness (QED) is 0.830. The number of benzene rings is 1. The van der Waals surface area contributed by atoms with Crippen LogP contribution < -0.4 is 4.72 Å². The number of hydrogen-bond acceptors (Lipinski definition) is 4. The molecule has 1 saturated heterocycles. The van der Waals surface area contributed by atoms with Crippen LogP contribution in [-0.4, -0.2) is 50.9 Å². The number of carbonyl (C=O) groups excluding carboxylic acids is 2. The molecule has 7 heteroatoms. The van der Waals surface area contributed by atoms with Gasteiger partial charge in [-0.25, -0.2) is 13.1 Å². The van der Waals surface area contributed by atoms with Gasteiger partial charge in [0.15, 0.2) is 0 Å². The highest BCUT2D eigenvalue weighted by Crippen LogP contribution is 2.36. The smallest absolute Gasteiger partial charge is 0.223 e. The number of nitrogens with one attached hydrogen (secondary N) is 1. The molecule has 0 saturated carbocycles. The fourth-order valence-corrected chi connectivity index (χ4v) is 3.71. The Balaban J connectivity index is 1.98. The minimum absolute atomic E-state index is 0.0867. The van der Waals surface area contributed by atoms with Crippen LogP contribution in [0.15, 0.2) is 30.3 Å². The van der Waals surface area contributed by atoms with Crippen molar-refractivity contribution in [3.8, 4) is 0 Å². The van der Waals surface area contributed by atoms with Crippen molar-refractivity contribution >= 4 is 21.7 Å². The average molecular weight is 352 g/mol. The van der Waals surface area contributed by atoms with Crippen LogP contribution in [0.2, 0.25) is 0 Å². The summed E-state index contributed by atoms with van der Waals surface area (Å²) in [7, 11) is -3.28. The van der Waals surface area contributed by atoms with Crippen LogP contribution in [0, 0.1) is 0 Å². The molecule has 0 spiro atoms. The van der Waals surface area contributed by atoms with Gasteiger partial charge in [0.05, 0.1) is 11.7 Å². The van der Waals surface area contributed by atoms with Gasteiger partial charge in [-0.2, -0.15) is 0 Å². The molecule has 1 fully saturated rings. The number of carbonyl (C=O) groups is 2. The number of hydrogen-bond donors (Lipinski definition) is 1. The third kappa shape index (κ3) is 4.42. The van der Waals surface area contributed by atoms with E-state index in [9.17, 15) is 18.0 Å². The van der Waals surface area contributed by atoms with Gasteiger partial charge in [0.2, 0.25) is 15.9 Å². The van der Waals surface area contributed by atoms with E-state index < -0.39 is 15.4 Å². The molecule has 1 aromatic carbocycles. The lowest BCUT2D eigenvalue weighted by Crippen LogP contribution is -2.48. The molecule has 0 aromatic heterocycles. The molecule has 0 radical (unpaired) electrons. The average Bonchev–Trinajstić information content (AvgIpc) is 2.54. The summed E-state index contributed by atoms with van der Waals surface area (Å²) in [5.41, 5.74) is 0.478. The Hall–Kier alpha value is -1.73. The maximum absolute atomic E-state index is 12.3. The van der Waals surface area contributed by atoms with E-state index in [1.165, 1.54) is 0 Å². The summed E-state index contributed by atoms with van der Waals surface area (Å²) in [5.74, 6) is 0.0379. The van der Waals surface area contributed by atoms with Crippen LogP contribution in [0.5, 0.6) is 0 Å². The first-order chi connectivity index (χ1) is 11.2. The molecule has 6 nitrogen and oxygen atoms in total. The fourth-order valence-electron chi connectivity index (χ4n) is 3.24. The van der Waals surface area contributed by atoms with Gasteiger partial charge >= 0.3 is 0 Å². The van der Waals surface area contributed by atoms with Crippen LogP contribution in [0.3, 0.4) is 0 Å². The molecule has 0 unspecified atom stereocenters. The molecule has 0 atom stereocenters. The number of amides is 1. The molecule has 24 heavy (non-hydrogen) atoms. The first-order valence-electron chi connectivity index (χ1n) is 8.03. The zero-order valence-corrected chi connectivity index (χ0v) is 14.9. The molecule has 1 amide bonds. The van der Waals surface area contributed by atoms with E-state index in [4.69, 9.17) is 0 Å². The van der Waals surface area contributed by atoms with Gasteiger partial charge in [-0.3, -0.25) is 9.59 Å². The van der Waals surface area contributed by atoms with Gasteiger partial charge in [0.25, 0.3) is 0 Å². The van der Waals surface area contributed by atoms with Crippen LogP contribution in [0.25, 0.3) is 0 Å². The van der Waals surface area contributed by atoms with E-state index in [1.807, 2.05) is 30.3 Å². The number of piperidine rings is 1. The Kier molecular flexibility index (Phi) is 5.77. The summed E-state index contributed by atoms with van der Waals surface area (Å²) < 4.78 is 24.4. The number of Topliss-reactive ketones (excluding diaryl/α,β-unsaturated/α-hetero) is 1. The van der Waals surface area contributed by atoms with Gasteiger partial charge in [0, 0.05) is 26.1 Å². The largest absolute Gasteiger partial charge is 0.343 e. The van der Waals surface area contributed by atoms with Crippen molar-refractivity contribution in [1.29, 1.82) is 0 Å². The van der Waals surface area contributed by atoms with E-state index in [-0.39, 0.29) is 24.7 Å². The predicted octanol–water partition coefficient (Wildman–Crippen LogP) is 1.08. The molecule has 1 N–H and O–H groups in total. The molecule has 0 bridgehead atoms. The second kappa shape index (κ2) is 7.44. The third-order valence-corrected chi connectivity index (χ3v) is 5.40. The van der Waals surface area contributed by atoms with Crippen molar-refractivity contribution in [1.82, 2.24) is 9.62 Å². The second-order valence-corrected chi connectivity index (χ2v) is 8.13. The molecular weight excluding hydrogens is 328 g/mol. The highest BCUT2D eigenvalue weighted by Gasteiger charge is 2.41. The Labute approximate surface area is 143 Å². The molecule has 1 aliphatic rings. The maximum Gasteiger partial charge on any atom is 0.223 e. The van der Waals surface area contributed by atoms with Crippen molar-refractivity contribution in [2.75, 3.05) is 25.9 Å². The van der Waals surface area contributed by atoms with Gasteiger partial charge in [-0.1, -0.05) is 30.3 Å². The zero-order valence-electron chi connectivity index (χ0n) is 14.1. The summed E-state index contributed by atoms with van der Waals surface area (Å²) in [6, 6.07) is 9.71. The van der Waals surface area contributed by atoms with Crippen molar-refractivity contribution < 1.29 is 18.0 Å². The van der Waals surface area contributed by atoms with Gasteiger partial charge < -0.3 is 4.90 Å². The van der Waals surface area contributed by atoms with Crippen molar-refractivity contribution in [3.05, 3.63) is 35.9 Å². The van der Waals surface area contributed by atoms with E-state index in [0.717, 1.165) is 11.8 Å². The lowest BCUT2D eigenvalue weighted by molar-refractivity contribution is -0.135. The normalized spacial score (nSPS) is 17.5. The molecular formula is C17H24N2O4S. The Bertz CT molecular complexity index is 693. The molecule has 1 aromatic rings. The van der Waals surface area contributed by atoms with E-state index >= 15 is 0 Å². The van der Waals surface area contributed by atoms with E-state index in [1.54, 1.807) is 11.8 Å². The summed E-state index contributed by atoms with van der Waals surface area (Å²) in [6.07, 6.45) is 2.39. The molecule has 0 aliphatic carbocycles. The summed E-state index contributed by atoms with van der Waals surface area (Å²) in [5, 5.41) is 0. The van der Waals surface area contributed by atoms with E-state index in [0.29, 0.717) is 25.9 Å². The van der Waals surface area contributed by atoms with Gasteiger partial charge in [0.1, 0.15) is 5.78 Å². The van der Waals surface area contributed by atoms with Crippen LogP contribution in [0.4, 0.5) is 0 Å².